The minimum atomic E-state index is -3.75. The van der Waals surface area contributed by atoms with E-state index in [2.05, 4.69) is 5.32 Å². The lowest BCUT2D eigenvalue weighted by molar-refractivity contribution is 0.102. The number of hydrogen-bond donors (Lipinski definition) is 1. The van der Waals surface area contributed by atoms with Crippen molar-refractivity contribution >= 4 is 33.2 Å². The van der Waals surface area contributed by atoms with Gasteiger partial charge in [0.25, 0.3) is 5.91 Å². The maximum absolute atomic E-state index is 12.4. The van der Waals surface area contributed by atoms with Gasteiger partial charge in [-0.15, -0.1) is 0 Å². The largest absolute Gasteiger partial charge is 0.491 e. The summed E-state index contributed by atoms with van der Waals surface area (Å²) in [5, 5.41) is 2.78. The summed E-state index contributed by atoms with van der Waals surface area (Å²) in [7, 11) is -0.945. The molecular formula is C18H21ClN2O4S. The monoisotopic (exact) mass is 396 g/mol. The molecule has 1 amide bonds. The molecule has 0 unspecified atom stereocenters. The van der Waals surface area contributed by atoms with Crippen LogP contribution >= 0.6 is 11.6 Å². The molecule has 0 fully saturated rings. The molecule has 8 heteroatoms. The van der Waals surface area contributed by atoms with Gasteiger partial charge in [0.1, 0.15) is 10.6 Å². The minimum Gasteiger partial charge on any atom is -0.491 e. The summed E-state index contributed by atoms with van der Waals surface area (Å²) in [6.45, 7) is 3.85. The second-order valence-corrected chi connectivity index (χ2v) is 8.61. The summed E-state index contributed by atoms with van der Waals surface area (Å²) in [5.74, 6) is 0.262. The van der Waals surface area contributed by atoms with Gasteiger partial charge in [0.05, 0.1) is 11.1 Å². The Morgan fingerprint density at radius 2 is 1.73 bits per heavy atom. The highest BCUT2D eigenvalue weighted by Gasteiger charge is 2.22. The lowest BCUT2D eigenvalue weighted by Gasteiger charge is -2.14. The molecule has 0 radical (unpaired) electrons. The Kier molecular flexibility index (Phi) is 6.28. The molecule has 2 aromatic carbocycles. The maximum Gasteiger partial charge on any atom is 0.255 e. The fourth-order valence-electron chi connectivity index (χ4n) is 2.13. The first-order chi connectivity index (χ1) is 12.1. The first kappa shape index (κ1) is 20.2. The molecular weight excluding hydrogens is 376 g/mol. The van der Waals surface area contributed by atoms with Crippen molar-refractivity contribution in [1.82, 2.24) is 4.31 Å². The number of amides is 1. The van der Waals surface area contributed by atoms with E-state index in [-0.39, 0.29) is 21.6 Å². The Morgan fingerprint density at radius 3 is 2.27 bits per heavy atom. The quantitative estimate of drug-likeness (QED) is 0.808. The number of benzene rings is 2. The van der Waals surface area contributed by atoms with Crippen LogP contribution in [-0.4, -0.2) is 38.8 Å². The lowest BCUT2D eigenvalue weighted by atomic mass is 10.2. The lowest BCUT2D eigenvalue weighted by Crippen LogP contribution is -2.23. The number of ether oxygens (including phenoxy) is 1. The van der Waals surface area contributed by atoms with E-state index in [4.69, 9.17) is 16.3 Å². The number of halogens is 1. The number of nitrogens with one attached hydrogen (secondary N) is 1. The second kappa shape index (κ2) is 8.07. The molecule has 0 heterocycles. The zero-order valence-corrected chi connectivity index (χ0v) is 16.6. The molecule has 0 aliphatic heterocycles. The summed E-state index contributed by atoms with van der Waals surface area (Å²) in [5.41, 5.74) is 0.760. The average molecular weight is 397 g/mol. The van der Waals surface area contributed by atoms with Crippen LogP contribution in [-0.2, 0) is 10.0 Å². The smallest absolute Gasteiger partial charge is 0.255 e. The van der Waals surface area contributed by atoms with Crippen molar-refractivity contribution in [3.05, 3.63) is 53.1 Å². The predicted molar refractivity (Wildman–Crippen MR) is 102 cm³/mol. The fraction of sp³-hybridized carbons (Fsp3) is 0.278. The van der Waals surface area contributed by atoms with Crippen LogP contribution in [0.1, 0.15) is 24.2 Å². The third-order valence-corrected chi connectivity index (χ3v) is 5.73. The summed E-state index contributed by atoms with van der Waals surface area (Å²) in [6.07, 6.45) is 0.0570. The minimum absolute atomic E-state index is 0.0570. The highest BCUT2D eigenvalue weighted by Crippen LogP contribution is 2.25. The van der Waals surface area contributed by atoms with Crippen molar-refractivity contribution in [3.8, 4) is 5.75 Å². The summed E-state index contributed by atoms with van der Waals surface area (Å²) in [6, 6.07) is 11.1. The highest BCUT2D eigenvalue weighted by atomic mass is 35.5. The maximum atomic E-state index is 12.4. The zero-order chi connectivity index (χ0) is 19.5. The van der Waals surface area contributed by atoms with Crippen LogP contribution in [0.25, 0.3) is 0 Å². The van der Waals surface area contributed by atoms with E-state index in [0.717, 1.165) is 4.31 Å². The van der Waals surface area contributed by atoms with Crippen LogP contribution in [0, 0.1) is 0 Å². The molecule has 0 aromatic heterocycles. The van der Waals surface area contributed by atoms with Gasteiger partial charge >= 0.3 is 0 Å². The first-order valence-corrected chi connectivity index (χ1v) is 9.73. The van der Waals surface area contributed by atoms with Gasteiger partial charge < -0.3 is 10.1 Å². The molecule has 140 valence electrons. The van der Waals surface area contributed by atoms with Crippen molar-refractivity contribution in [2.24, 2.45) is 0 Å². The highest BCUT2D eigenvalue weighted by molar-refractivity contribution is 7.89. The number of sulfonamides is 1. The van der Waals surface area contributed by atoms with E-state index in [9.17, 15) is 13.2 Å². The van der Waals surface area contributed by atoms with E-state index in [0.29, 0.717) is 11.4 Å². The molecule has 6 nitrogen and oxygen atoms in total. The van der Waals surface area contributed by atoms with Crippen molar-refractivity contribution < 1.29 is 17.9 Å². The Morgan fingerprint density at radius 1 is 1.12 bits per heavy atom. The average Bonchev–Trinajstić information content (AvgIpc) is 2.56. The topological polar surface area (TPSA) is 75.7 Å². The molecule has 0 bridgehead atoms. The Bertz CT molecular complexity index is 894. The van der Waals surface area contributed by atoms with Crippen LogP contribution in [0.3, 0.4) is 0 Å². The van der Waals surface area contributed by atoms with Gasteiger partial charge in [-0.2, -0.15) is 0 Å². The van der Waals surface area contributed by atoms with E-state index < -0.39 is 15.9 Å². The number of carbonyl (C=O) groups is 1. The predicted octanol–water partition coefficient (Wildman–Crippen LogP) is 3.63. The van der Waals surface area contributed by atoms with Crippen LogP contribution in [0.4, 0.5) is 5.69 Å². The number of carbonyl (C=O) groups excluding carboxylic acids is 1. The van der Waals surface area contributed by atoms with Gasteiger partial charge in [0.15, 0.2) is 0 Å². The second-order valence-electron chi connectivity index (χ2n) is 6.08. The normalized spacial score (nSPS) is 11.7. The third-order valence-electron chi connectivity index (χ3n) is 3.44. The van der Waals surface area contributed by atoms with Crippen LogP contribution in [0.15, 0.2) is 47.4 Å². The number of rotatable bonds is 6. The standard InChI is InChI=1S/C18H21ClN2O4S/c1-12(2)25-15-8-6-14(7-9-15)20-18(22)13-5-10-16(19)17(11-13)26(23,24)21(3)4/h5-12H,1-4H3,(H,20,22). The van der Waals surface area contributed by atoms with Crippen LogP contribution in [0.5, 0.6) is 5.75 Å². The van der Waals surface area contributed by atoms with Gasteiger partial charge in [-0.3, -0.25) is 4.79 Å². The van der Waals surface area contributed by atoms with E-state index in [1.165, 1.54) is 32.3 Å². The SMILES string of the molecule is CC(C)Oc1ccc(NC(=O)c2ccc(Cl)c(S(=O)(=O)N(C)C)c2)cc1. The molecule has 0 saturated heterocycles. The number of anilines is 1. The summed E-state index contributed by atoms with van der Waals surface area (Å²) >= 11 is 6.00. The first-order valence-electron chi connectivity index (χ1n) is 7.91. The Balaban J connectivity index is 2.23. The Labute approximate surface area is 158 Å². The molecule has 0 atom stereocenters. The van der Waals surface area contributed by atoms with Crippen molar-refractivity contribution in [3.63, 3.8) is 0 Å². The van der Waals surface area contributed by atoms with Crippen LogP contribution in [0.2, 0.25) is 5.02 Å². The molecule has 1 N–H and O–H groups in total. The zero-order valence-electron chi connectivity index (χ0n) is 15.0. The van der Waals surface area contributed by atoms with Crippen LogP contribution < -0.4 is 10.1 Å². The van der Waals surface area contributed by atoms with Gasteiger partial charge in [-0.1, -0.05) is 11.6 Å². The molecule has 26 heavy (non-hydrogen) atoms. The van der Waals surface area contributed by atoms with Gasteiger partial charge in [0, 0.05) is 25.3 Å². The van der Waals surface area contributed by atoms with E-state index >= 15 is 0 Å². The number of hydrogen-bond acceptors (Lipinski definition) is 4. The van der Waals surface area contributed by atoms with E-state index in [1.54, 1.807) is 24.3 Å². The molecule has 0 aliphatic rings. The summed E-state index contributed by atoms with van der Waals surface area (Å²) in [4.78, 5) is 12.3. The molecule has 2 rings (SSSR count). The molecule has 2 aromatic rings. The summed E-state index contributed by atoms with van der Waals surface area (Å²) < 4.78 is 31.2. The van der Waals surface area contributed by atoms with Crippen molar-refractivity contribution in [2.75, 3.05) is 19.4 Å². The fourth-order valence-corrected chi connectivity index (χ4v) is 3.53. The number of nitrogens with zero attached hydrogens (tertiary/aromatic N) is 1. The van der Waals surface area contributed by atoms with Crippen molar-refractivity contribution in [2.45, 2.75) is 24.8 Å². The van der Waals surface area contributed by atoms with E-state index in [1.807, 2.05) is 13.8 Å². The molecule has 0 saturated carbocycles. The van der Waals surface area contributed by atoms with Crippen molar-refractivity contribution in [1.29, 1.82) is 0 Å². The van der Waals surface area contributed by atoms with Gasteiger partial charge in [0.2, 0.25) is 10.0 Å². The third kappa shape index (κ3) is 4.75. The van der Waals surface area contributed by atoms with Gasteiger partial charge in [-0.25, -0.2) is 12.7 Å². The Hall–Kier alpha value is -2.09. The van der Waals surface area contributed by atoms with Gasteiger partial charge in [-0.05, 0) is 56.3 Å². The molecule has 0 aliphatic carbocycles. The molecule has 0 spiro atoms.